The van der Waals surface area contributed by atoms with Crippen molar-refractivity contribution in [3.63, 3.8) is 0 Å². The molecule has 5 N–H and O–H groups in total. The van der Waals surface area contributed by atoms with Crippen molar-refractivity contribution in [2.24, 2.45) is 5.73 Å². The van der Waals surface area contributed by atoms with Crippen LogP contribution in [-0.2, 0) is 0 Å². The van der Waals surface area contributed by atoms with Gasteiger partial charge in [-0.25, -0.2) is 15.2 Å². The molecule has 0 spiro atoms. The summed E-state index contributed by atoms with van der Waals surface area (Å²) in [5, 5.41) is 4.26. The summed E-state index contributed by atoms with van der Waals surface area (Å²) in [4.78, 5) is 27.0. The van der Waals surface area contributed by atoms with Gasteiger partial charge in [0.25, 0.3) is 5.91 Å². The first-order valence-corrected chi connectivity index (χ1v) is 7.01. The molecule has 0 radical (unpaired) electrons. The molecule has 21 heavy (non-hydrogen) atoms. The van der Waals surface area contributed by atoms with E-state index in [1.54, 1.807) is 31.2 Å². The third-order valence-electron chi connectivity index (χ3n) is 2.40. The van der Waals surface area contributed by atoms with Crippen LogP contribution < -0.4 is 21.9 Å². The van der Waals surface area contributed by atoms with Gasteiger partial charge in [0.1, 0.15) is 4.88 Å². The Morgan fingerprint density at radius 3 is 2.52 bits per heavy atom. The number of thiazole rings is 1. The molecular formula is C12H12ClN5O2S. The summed E-state index contributed by atoms with van der Waals surface area (Å²) in [6.45, 7) is 1.70. The lowest BCUT2D eigenvalue weighted by Crippen LogP contribution is -2.44. The van der Waals surface area contributed by atoms with E-state index in [4.69, 9.17) is 17.3 Å². The summed E-state index contributed by atoms with van der Waals surface area (Å²) in [5.74, 6) is -0.479. The van der Waals surface area contributed by atoms with Gasteiger partial charge in [-0.05, 0) is 31.2 Å². The fourth-order valence-corrected chi connectivity index (χ4v) is 2.50. The Hall–Kier alpha value is -2.32. The van der Waals surface area contributed by atoms with E-state index in [1.165, 1.54) is 0 Å². The number of rotatable bonds is 3. The number of benzene rings is 1. The minimum absolute atomic E-state index is 0.375. The first kappa shape index (κ1) is 15.1. The van der Waals surface area contributed by atoms with Gasteiger partial charge in [-0.1, -0.05) is 22.9 Å². The van der Waals surface area contributed by atoms with Gasteiger partial charge in [-0.2, -0.15) is 0 Å². The van der Waals surface area contributed by atoms with Crippen LogP contribution in [0.1, 0.15) is 15.4 Å². The number of hydrazine groups is 1. The first-order valence-electron chi connectivity index (χ1n) is 5.81. The van der Waals surface area contributed by atoms with E-state index in [2.05, 4.69) is 15.7 Å². The molecule has 1 heterocycles. The zero-order valence-corrected chi connectivity index (χ0v) is 12.5. The van der Waals surface area contributed by atoms with E-state index in [0.717, 1.165) is 17.0 Å². The molecule has 0 bridgehead atoms. The van der Waals surface area contributed by atoms with Crippen LogP contribution in [0.4, 0.5) is 15.6 Å². The van der Waals surface area contributed by atoms with Gasteiger partial charge in [-0.3, -0.25) is 10.2 Å². The predicted molar refractivity (Wildman–Crippen MR) is 81.8 cm³/mol. The number of aryl methyl sites for hydroxylation is 1. The molecule has 1 aromatic carbocycles. The summed E-state index contributed by atoms with van der Waals surface area (Å²) in [7, 11) is 0. The molecule has 0 aliphatic rings. The highest BCUT2D eigenvalue weighted by molar-refractivity contribution is 7.17. The Morgan fingerprint density at radius 1 is 1.24 bits per heavy atom. The third-order valence-corrected chi connectivity index (χ3v) is 3.72. The minimum atomic E-state index is -0.843. The molecule has 0 aliphatic carbocycles. The summed E-state index contributed by atoms with van der Waals surface area (Å²) in [6.07, 6.45) is 0. The predicted octanol–water partition coefficient (Wildman–Crippen LogP) is 2.16. The van der Waals surface area contributed by atoms with Crippen molar-refractivity contribution in [2.45, 2.75) is 6.92 Å². The number of anilines is 2. The van der Waals surface area contributed by atoms with Crippen LogP contribution in [0.2, 0.25) is 5.02 Å². The molecule has 7 nitrogen and oxygen atoms in total. The van der Waals surface area contributed by atoms with Crippen LogP contribution in [0, 0.1) is 6.92 Å². The summed E-state index contributed by atoms with van der Waals surface area (Å²) in [6, 6.07) is 6.25. The van der Waals surface area contributed by atoms with Crippen molar-refractivity contribution >= 4 is 45.7 Å². The molecule has 2 aromatic rings. The van der Waals surface area contributed by atoms with E-state index in [0.29, 0.717) is 20.7 Å². The fraction of sp³-hybridized carbons (Fsp3) is 0.0833. The molecule has 0 unspecified atom stereocenters. The highest BCUT2D eigenvalue weighted by Gasteiger charge is 2.15. The van der Waals surface area contributed by atoms with Crippen molar-refractivity contribution in [3.8, 4) is 0 Å². The first-order chi connectivity index (χ1) is 9.95. The molecule has 110 valence electrons. The number of urea groups is 1. The van der Waals surface area contributed by atoms with Crippen LogP contribution in [-0.4, -0.2) is 16.9 Å². The van der Waals surface area contributed by atoms with Gasteiger partial charge in [-0.15, -0.1) is 0 Å². The van der Waals surface area contributed by atoms with Crippen molar-refractivity contribution < 1.29 is 9.59 Å². The van der Waals surface area contributed by atoms with Gasteiger partial charge >= 0.3 is 6.03 Å². The van der Waals surface area contributed by atoms with Crippen LogP contribution in [0.15, 0.2) is 24.3 Å². The lowest BCUT2D eigenvalue weighted by molar-refractivity contribution is 0.0940. The Kier molecular flexibility index (Phi) is 4.61. The summed E-state index contributed by atoms with van der Waals surface area (Å²) in [5.41, 5.74) is 10.4. The van der Waals surface area contributed by atoms with Gasteiger partial charge in [0.2, 0.25) is 0 Å². The quantitative estimate of drug-likeness (QED) is 0.648. The van der Waals surface area contributed by atoms with Gasteiger partial charge in [0, 0.05) is 10.7 Å². The van der Waals surface area contributed by atoms with Crippen molar-refractivity contribution in [1.82, 2.24) is 15.8 Å². The number of hydrogen-bond acceptors (Lipinski definition) is 5. The van der Waals surface area contributed by atoms with E-state index in [-0.39, 0.29) is 0 Å². The number of carbonyl (C=O) groups excluding carboxylic acids is 2. The van der Waals surface area contributed by atoms with Crippen LogP contribution in [0.25, 0.3) is 0 Å². The largest absolute Gasteiger partial charge is 0.350 e. The SMILES string of the molecule is Cc1nc(Nc2ccc(Cl)cc2)sc1C(=O)NNC(N)=O. The maximum Gasteiger partial charge on any atom is 0.330 e. The third kappa shape index (κ3) is 4.07. The minimum Gasteiger partial charge on any atom is -0.350 e. The maximum atomic E-state index is 11.8. The molecule has 3 amide bonds. The van der Waals surface area contributed by atoms with E-state index < -0.39 is 11.9 Å². The number of hydrogen-bond donors (Lipinski definition) is 4. The number of aromatic nitrogens is 1. The average molecular weight is 326 g/mol. The second kappa shape index (κ2) is 6.42. The number of carbonyl (C=O) groups is 2. The Morgan fingerprint density at radius 2 is 1.90 bits per heavy atom. The highest BCUT2D eigenvalue weighted by atomic mass is 35.5. The van der Waals surface area contributed by atoms with Crippen LogP contribution in [0.5, 0.6) is 0 Å². The van der Waals surface area contributed by atoms with E-state index in [9.17, 15) is 9.59 Å². The summed E-state index contributed by atoms with van der Waals surface area (Å²) >= 11 is 6.97. The lowest BCUT2D eigenvalue weighted by Gasteiger charge is -2.02. The van der Waals surface area contributed by atoms with Crippen LogP contribution in [0.3, 0.4) is 0 Å². The number of nitrogens with one attached hydrogen (secondary N) is 3. The average Bonchev–Trinajstić information content (AvgIpc) is 2.79. The van der Waals surface area contributed by atoms with Crippen molar-refractivity contribution in [3.05, 3.63) is 39.9 Å². The monoisotopic (exact) mass is 325 g/mol. The molecule has 0 saturated carbocycles. The number of amides is 3. The smallest absolute Gasteiger partial charge is 0.330 e. The van der Waals surface area contributed by atoms with E-state index >= 15 is 0 Å². The molecule has 9 heteroatoms. The Balaban J connectivity index is 2.09. The zero-order chi connectivity index (χ0) is 15.4. The molecular weight excluding hydrogens is 314 g/mol. The number of nitrogens with two attached hydrogens (primary N) is 1. The van der Waals surface area contributed by atoms with E-state index in [1.807, 2.05) is 5.43 Å². The molecule has 1 aromatic heterocycles. The van der Waals surface area contributed by atoms with Crippen LogP contribution >= 0.6 is 22.9 Å². The molecule has 0 aliphatic heterocycles. The Labute approximate surface area is 129 Å². The lowest BCUT2D eigenvalue weighted by atomic mass is 10.3. The standard InChI is InChI=1S/C12H12ClN5O2S/c1-6-9(10(19)17-18-11(14)20)21-12(15-6)16-8-4-2-7(13)3-5-8/h2-5H,1H3,(H,15,16)(H,17,19)(H3,14,18,20). The highest BCUT2D eigenvalue weighted by Crippen LogP contribution is 2.26. The van der Waals surface area contributed by atoms with Crippen molar-refractivity contribution in [1.29, 1.82) is 0 Å². The molecule has 0 atom stereocenters. The zero-order valence-electron chi connectivity index (χ0n) is 10.9. The molecule has 2 rings (SSSR count). The number of primary amides is 1. The van der Waals surface area contributed by atoms with Crippen molar-refractivity contribution in [2.75, 3.05) is 5.32 Å². The van der Waals surface area contributed by atoms with Gasteiger partial charge < -0.3 is 11.1 Å². The second-order valence-corrected chi connectivity index (χ2v) is 5.44. The normalized spacial score (nSPS) is 10.0. The topological polar surface area (TPSA) is 109 Å². The second-order valence-electron chi connectivity index (χ2n) is 4.01. The molecule has 0 fully saturated rings. The number of halogens is 1. The van der Waals surface area contributed by atoms with Gasteiger partial charge in [0.05, 0.1) is 5.69 Å². The number of nitrogens with zero attached hydrogens (tertiary/aromatic N) is 1. The Bertz CT molecular complexity index is 671. The fourth-order valence-electron chi connectivity index (χ4n) is 1.49. The molecule has 0 saturated heterocycles. The summed E-state index contributed by atoms with van der Waals surface area (Å²) < 4.78 is 0. The van der Waals surface area contributed by atoms with Gasteiger partial charge in [0.15, 0.2) is 5.13 Å². The maximum absolute atomic E-state index is 11.8.